The van der Waals surface area contributed by atoms with E-state index in [-0.39, 0.29) is 16.8 Å². The third-order valence-corrected chi connectivity index (χ3v) is 6.02. The number of halogens is 1. The summed E-state index contributed by atoms with van der Waals surface area (Å²) in [5.41, 5.74) is 3.09. The van der Waals surface area contributed by atoms with Gasteiger partial charge in [-0.15, -0.1) is 0 Å². The van der Waals surface area contributed by atoms with Crippen LogP contribution in [0.1, 0.15) is 34.0 Å². The molecule has 0 aliphatic carbocycles. The molecule has 7 nitrogen and oxygen atoms in total. The second kappa shape index (κ2) is 12.7. The fraction of sp³-hybridized carbons (Fsp3) is 0.179. The number of nitrogens with one attached hydrogen (secondary N) is 1. The van der Waals surface area contributed by atoms with Crippen LogP contribution in [0, 0.1) is 21.8 Å². The number of amides is 1. The number of carbonyl (C=O) groups excluding carboxylic acids is 2. The van der Waals surface area contributed by atoms with Crippen molar-refractivity contribution >= 4 is 46.2 Å². The summed E-state index contributed by atoms with van der Waals surface area (Å²) in [6.07, 6.45) is 1.46. The van der Waals surface area contributed by atoms with Gasteiger partial charge in [-0.2, -0.15) is 5.26 Å². The number of hydrogen-bond donors (Lipinski definition) is 1. The number of nitrogens with zero attached hydrogens (tertiary/aromatic N) is 1. The monoisotopic (exact) mass is 596 g/mol. The van der Waals surface area contributed by atoms with Gasteiger partial charge in [-0.3, -0.25) is 4.79 Å². The maximum Gasteiger partial charge on any atom is 0.339 e. The molecule has 3 aromatic carbocycles. The Labute approximate surface area is 223 Å². The van der Waals surface area contributed by atoms with E-state index in [9.17, 15) is 14.9 Å². The first kappa shape index (κ1) is 26.8. The maximum atomic E-state index is 12.9. The van der Waals surface area contributed by atoms with Gasteiger partial charge in [0.2, 0.25) is 0 Å². The Hall–Kier alpha value is -3.84. The minimum atomic E-state index is -0.651. The van der Waals surface area contributed by atoms with E-state index >= 15 is 0 Å². The van der Waals surface area contributed by atoms with Crippen LogP contribution >= 0.6 is 22.6 Å². The molecule has 184 valence electrons. The molecule has 0 fully saturated rings. The van der Waals surface area contributed by atoms with Crippen LogP contribution in [-0.2, 0) is 16.1 Å². The molecule has 3 aromatic rings. The lowest BCUT2D eigenvalue weighted by atomic mass is 10.1. The summed E-state index contributed by atoms with van der Waals surface area (Å²) in [6, 6.07) is 19.9. The van der Waals surface area contributed by atoms with Gasteiger partial charge in [-0.1, -0.05) is 36.4 Å². The zero-order chi connectivity index (χ0) is 26.1. The van der Waals surface area contributed by atoms with Gasteiger partial charge in [-0.05, 0) is 83.5 Å². The van der Waals surface area contributed by atoms with E-state index in [1.54, 1.807) is 24.3 Å². The Balaban J connectivity index is 1.88. The van der Waals surface area contributed by atoms with Crippen molar-refractivity contribution in [2.75, 3.05) is 19.0 Å². The number of esters is 1. The van der Waals surface area contributed by atoms with Crippen molar-refractivity contribution in [2.24, 2.45) is 0 Å². The largest absolute Gasteiger partial charge is 0.490 e. The minimum absolute atomic E-state index is 0.138. The first-order valence-electron chi connectivity index (χ1n) is 11.1. The van der Waals surface area contributed by atoms with Crippen molar-refractivity contribution in [3.05, 3.63) is 92.1 Å². The second-order valence-electron chi connectivity index (χ2n) is 7.64. The topological polar surface area (TPSA) is 97.7 Å². The highest BCUT2D eigenvalue weighted by atomic mass is 127. The van der Waals surface area contributed by atoms with E-state index < -0.39 is 11.9 Å². The van der Waals surface area contributed by atoms with Gasteiger partial charge in [0.25, 0.3) is 5.91 Å². The minimum Gasteiger partial charge on any atom is -0.490 e. The SMILES string of the molecule is CCOc1cc(/C=C(\C#N)C(=O)Nc2ccccc2C(=O)OC)cc(I)c1OCc1ccccc1C. The standard InChI is InChI=1S/C28H25IN2O5/c1-4-35-25-15-19(14-23(29)26(25)36-17-20-10-6-5-9-18(20)2)13-21(16-30)27(32)31-24-12-8-7-11-22(24)28(33)34-3/h5-15H,4,17H2,1-3H3,(H,31,32)/b21-13+. The number of aryl methyl sites for hydroxylation is 1. The molecule has 0 aliphatic heterocycles. The lowest BCUT2D eigenvalue weighted by Gasteiger charge is -2.16. The lowest BCUT2D eigenvalue weighted by Crippen LogP contribution is -2.16. The molecule has 3 rings (SSSR count). The van der Waals surface area contributed by atoms with E-state index in [1.807, 2.05) is 50.2 Å². The molecule has 0 spiro atoms. The van der Waals surface area contributed by atoms with Crippen molar-refractivity contribution in [3.8, 4) is 17.6 Å². The Morgan fingerprint density at radius 2 is 1.81 bits per heavy atom. The summed E-state index contributed by atoms with van der Waals surface area (Å²) >= 11 is 2.14. The fourth-order valence-electron chi connectivity index (χ4n) is 3.38. The van der Waals surface area contributed by atoms with Gasteiger partial charge in [0.15, 0.2) is 11.5 Å². The van der Waals surface area contributed by atoms with Crippen molar-refractivity contribution < 1.29 is 23.8 Å². The predicted octanol–water partition coefficient (Wildman–Crippen LogP) is 5.91. The molecule has 36 heavy (non-hydrogen) atoms. The summed E-state index contributed by atoms with van der Waals surface area (Å²) in [6.45, 7) is 4.69. The molecule has 0 radical (unpaired) electrons. The summed E-state index contributed by atoms with van der Waals surface area (Å²) in [5.74, 6) is -0.141. The Kier molecular flexibility index (Phi) is 9.47. The average Bonchev–Trinajstić information content (AvgIpc) is 2.87. The Morgan fingerprint density at radius 1 is 1.08 bits per heavy atom. The molecule has 0 aromatic heterocycles. The molecule has 8 heteroatoms. The third kappa shape index (κ3) is 6.64. The van der Waals surface area contributed by atoms with Crippen LogP contribution in [0.2, 0.25) is 0 Å². The smallest absolute Gasteiger partial charge is 0.339 e. The quantitative estimate of drug-likeness (QED) is 0.143. The second-order valence-corrected chi connectivity index (χ2v) is 8.80. The average molecular weight is 596 g/mol. The van der Waals surface area contributed by atoms with Gasteiger partial charge in [-0.25, -0.2) is 4.79 Å². The van der Waals surface area contributed by atoms with Crippen LogP contribution in [0.3, 0.4) is 0 Å². The summed E-state index contributed by atoms with van der Waals surface area (Å²) < 4.78 is 17.4. The number of hydrogen-bond acceptors (Lipinski definition) is 6. The van der Waals surface area contributed by atoms with Crippen molar-refractivity contribution in [2.45, 2.75) is 20.5 Å². The third-order valence-electron chi connectivity index (χ3n) is 5.22. The molecule has 0 aliphatic rings. The van der Waals surface area contributed by atoms with Crippen molar-refractivity contribution in [3.63, 3.8) is 0 Å². The first-order chi connectivity index (χ1) is 17.4. The highest BCUT2D eigenvalue weighted by molar-refractivity contribution is 14.1. The number of rotatable bonds is 9. The first-order valence-corrected chi connectivity index (χ1v) is 12.2. The Bertz CT molecular complexity index is 1340. The molecular formula is C28H25IN2O5. The highest BCUT2D eigenvalue weighted by Gasteiger charge is 2.17. The van der Waals surface area contributed by atoms with E-state index in [2.05, 4.69) is 27.9 Å². The van der Waals surface area contributed by atoms with Crippen LogP contribution < -0.4 is 14.8 Å². The summed E-state index contributed by atoms with van der Waals surface area (Å²) in [4.78, 5) is 24.9. The highest BCUT2D eigenvalue weighted by Crippen LogP contribution is 2.35. The van der Waals surface area contributed by atoms with Gasteiger partial charge in [0.05, 0.1) is 28.5 Å². The molecule has 1 N–H and O–H groups in total. The molecule has 0 saturated carbocycles. The predicted molar refractivity (Wildman–Crippen MR) is 146 cm³/mol. The number of para-hydroxylation sites is 1. The molecule has 0 heterocycles. The number of anilines is 1. The van der Waals surface area contributed by atoms with E-state index in [4.69, 9.17) is 14.2 Å². The van der Waals surface area contributed by atoms with Crippen LogP contribution in [0.5, 0.6) is 11.5 Å². The molecule has 0 saturated heterocycles. The van der Waals surface area contributed by atoms with E-state index in [1.165, 1.54) is 19.3 Å². The molecule has 1 amide bonds. The molecule has 0 unspecified atom stereocenters. The van der Waals surface area contributed by atoms with Crippen molar-refractivity contribution in [1.82, 2.24) is 0 Å². The van der Waals surface area contributed by atoms with Crippen LogP contribution in [0.25, 0.3) is 6.08 Å². The number of benzene rings is 3. The summed E-state index contributed by atoms with van der Waals surface area (Å²) in [5, 5.41) is 12.3. The van der Waals surface area contributed by atoms with Crippen LogP contribution in [0.15, 0.2) is 66.2 Å². The zero-order valence-corrected chi connectivity index (χ0v) is 22.3. The van der Waals surface area contributed by atoms with Crippen LogP contribution in [0.4, 0.5) is 5.69 Å². The normalized spacial score (nSPS) is 10.8. The number of nitriles is 1. The molecular weight excluding hydrogens is 571 g/mol. The number of methoxy groups -OCH3 is 1. The van der Waals surface area contributed by atoms with Gasteiger partial charge >= 0.3 is 5.97 Å². The molecule has 0 atom stereocenters. The maximum absolute atomic E-state index is 12.9. The van der Waals surface area contributed by atoms with Gasteiger partial charge in [0.1, 0.15) is 18.2 Å². The Morgan fingerprint density at radius 3 is 2.50 bits per heavy atom. The van der Waals surface area contributed by atoms with Gasteiger partial charge in [0, 0.05) is 0 Å². The lowest BCUT2D eigenvalue weighted by molar-refractivity contribution is -0.112. The molecule has 0 bridgehead atoms. The van der Waals surface area contributed by atoms with E-state index in [0.29, 0.717) is 30.3 Å². The fourth-order valence-corrected chi connectivity index (χ4v) is 4.16. The van der Waals surface area contributed by atoms with Crippen LogP contribution in [-0.4, -0.2) is 25.6 Å². The van der Waals surface area contributed by atoms with Crippen molar-refractivity contribution in [1.29, 1.82) is 5.26 Å². The summed E-state index contributed by atoms with van der Waals surface area (Å²) in [7, 11) is 1.26. The van der Waals surface area contributed by atoms with E-state index in [0.717, 1.165) is 14.7 Å². The zero-order valence-electron chi connectivity index (χ0n) is 20.1. The number of carbonyl (C=O) groups is 2. The van der Waals surface area contributed by atoms with Gasteiger partial charge < -0.3 is 19.5 Å². The number of ether oxygens (including phenoxy) is 3.